The van der Waals surface area contributed by atoms with Crippen molar-refractivity contribution in [1.82, 2.24) is 10.1 Å². The smallest absolute Gasteiger partial charge is 0.391 e. The molecule has 25 heavy (non-hydrogen) atoms. The summed E-state index contributed by atoms with van der Waals surface area (Å²) in [5.74, 6) is -1.36. The average molecular weight is 376 g/mol. The van der Waals surface area contributed by atoms with Crippen LogP contribution < -0.4 is 0 Å². The number of nitrogens with zero attached hydrogens (tertiary/aromatic N) is 2. The van der Waals surface area contributed by atoms with Gasteiger partial charge in [0.05, 0.1) is 15.9 Å². The maximum absolute atomic E-state index is 12.8. The molecule has 1 amide bonds. The third-order valence-electron chi connectivity index (χ3n) is 3.92. The Kier molecular flexibility index (Phi) is 5.58. The first kappa shape index (κ1) is 19.5. The Morgan fingerprint density at radius 3 is 2.76 bits per heavy atom. The molecule has 5 nitrogen and oxygen atoms in total. The number of aromatic nitrogens is 1. The summed E-state index contributed by atoms with van der Waals surface area (Å²) in [5.41, 5.74) is -0.0122. The number of halogens is 3. The molecule has 0 bridgehead atoms. The van der Waals surface area contributed by atoms with Crippen LogP contribution in [0.5, 0.6) is 0 Å². The highest BCUT2D eigenvalue weighted by atomic mass is 32.1. The van der Waals surface area contributed by atoms with Gasteiger partial charge in [0, 0.05) is 18.7 Å². The lowest BCUT2D eigenvalue weighted by atomic mass is 10.1. The van der Waals surface area contributed by atoms with Crippen LogP contribution in [-0.2, 0) is 6.18 Å². The third-order valence-corrected chi connectivity index (χ3v) is 5.00. The lowest BCUT2D eigenvalue weighted by Crippen LogP contribution is -2.41. The Balaban J connectivity index is 0.00000225. The van der Waals surface area contributed by atoms with Crippen molar-refractivity contribution in [3.8, 4) is 10.6 Å². The second-order valence-electron chi connectivity index (χ2n) is 5.69. The van der Waals surface area contributed by atoms with Crippen molar-refractivity contribution in [2.24, 2.45) is 0 Å². The van der Waals surface area contributed by atoms with Crippen molar-refractivity contribution in [2.75, 3.05) is 13.1 Å². The van der Waals surface area contributed by atoms with E-state index in [1.807, 2.05) is 0 Å². The number of likely N-dealkylation sites (tertiary alicyclic amines) is 1. The number of hydrogen-bond acceptors (Lipinski definition) is 5. The van der Waals surface area contributed by atoms with Gasteiger partial charge < -0.3 is 14.5 Å². The first-order valence-corrected chi connectivity index (χ1v) is 8.20. The molecule has 1 fully saturated rings. The number of carbonyl (C=O) groups is 1. The molecule has 1 atom stereocenters. The Labute approximate surface area is 147 Å². The number of hydrogen-bond donors (Lipinski definition) is 1. The van der Waals surface area contributed by atoms with Crippen LogP contribution in [0.3, 0.4) is 0 Å². The van der Waals surface area contributed by atoms with E-state index in [4.69, 9.17) is 0 Å². The Bertz CT molecular complexity index is 754. The molecular weight excluding hydrogens is 357 g/mol. The van der Waals surface area contributed by atoms with Crippen LogP contribution >= 0.6 is 11.3 Å². The highest BCUT2D eigenvalue weighted by Gasteiger charge is 2.39. The second-order valence-corrected chi connectivity index (χ2v) is 6.78. The fraction of sp³-hybridized carbons (Fsp3) is 0.500. The molecule has 1 unspecified atom stereocenters. The molecule has 0 spiro atoms. The van der Waals surface area contributed by atoms with Crippen molar-refractivity contribution in [2.45, 2.75) is 39.5 Å². The summed E-state index contributed by atoms with van der Waals surface area (Å²) in [5, 5.41) is 13.2. The number of thiophene rings is 1. The summed E-state index contributed by atoms with van der Waals surface area (Å²) in [6.07, 6.45) is -3.75. The number of rotatable bonds is 2. The van der Waals surface area contributed by atoms with E-state index in [2.05, 4.69) is 9.68 Å². The minimum Gasteiger partial charge on any atom is -0.391 e. The molecule has 1 saturated heterocycles. The monoisotopic (exact) mass is 376 g/mol. The Hall–Kier alpha value is -1.87. The molecular formula is C16H19F3N2O3S. The summed E-state index contributed by atoms with van der Waals surface area (Å²) >= 11 is 1.06. The van der Waals surface area contributed by atoms with Crippen molar-refractivity contribution in [3.63, 3.8) is 0 Å². The van der Waals surface area contributed by atoms with Crippen LogP contribution in [0.1, 0.15) is 41.3 Å². The van der Waals surface area contributed by atoms with Gasteiger partial charge in [-0.25, -0.2) is 0 Å². The third kappa shape index (κ3) is 3.87. The van der Waals surface area contributed by atoms with Gasteiger partial charge in [-0.05, 0) is 31.9 Å². The van der Waals surface area contributed by atoms with Crippen LogP contribution in [0.25, 0.3) is 10.6 Å². The molecule has 0 saturated carbocycles. The van der Waals surface area contributed by atoms with Gasteiger partial charge >= 0.3 is 6.18 Å². The average Bonchev–Trinajstić information content (AvgIpc) is 3.12. The zero-order valence-corrected chi connectivity index (χ0v) is 13.6. The molecule has 138 valence electrons. The lowest BCUT2D eigenvalue weighted by molar-refractivity contribution is -0.156. The number of piperidine rings is 1. The van der Waals surface area contributed by atoms with Gasteiger partial charge in [-0.2, -0.15) is 13.2 Å². The highest BCUT2D eigenvalue weighted by molar-refractivity contribution is 7.17. The number of β-amino-alcohol motifs (C(OH)–C–C–N with tert-alkyl or cyclic N) is 1. The topological polar surface area (TPSA) is 66.6 Å². The van der Waals surface area contributed by atoms with E-state index in [1.165, 1.54) is 6.92 Å². The van der Waals surface area contributed by atoms with Crippen molar-refractivity contribution in [3.05, 3.63) is 28.3 Å². The minimum absolute atomic E-state index is 0. The number of carbonyl (C=O) groups excluding carboxylic acids is 1. The van der Waals surface area contributed by atoms with E-state index in [1.54, 1.807) is 17.0 Å². The summed E-state index contributed by atoms with van der Waals surface area (Å²) in [7, 11) is 0. The first-order valence-electron chi connectivity index (χ1n) is 7.38. The van der Waals surface area contributed by atoms with Gasteiger partial charge in [0.25, 0.3) is 5.91 Å². The van der Waals surface area contributed by atoms with Crippen LogP contribution in [-0.4, -0.2) is 40.3 Å². The van der Waals surface area contributed by atoms with E-state index in [-0.39, 0.29) is 31.1 Å². The van der Waals surface area contributed by atoms with Crippen molar-refractivity contribution < 1.29 is 27.6 Å². The zero-order valence-electron chi connectivity index (χ0n) is 12.8. The molecule has 1 N–H and O–H groups in total. The fourth-order valence-electron chi connectivity index (χ4n) is 2.71. The van der Waals surface area contributed by atoms with E-state index in [0.717, 1.165) is 17.8 Å². The molecule has 0 radical (unpaired) electrons. The van der Waals surface area contributed by atoms with Crippen LogP contribution in [0.4, 0.5) is 13.2 Å². The first-order chi connectivity index (χ1) is 11.3. The van der Waals surface area contributed by atoms with Crippen LogP contribution in [0, 0.1) is 6.92 Å². The van der Waals surface area contributed by atoms with Gasteiger partial charge in [0.15, 0.2) is 0 Å². The summed E-state index contributed by atoms with van der Waals surface area (Å²) in [4.78, 5) is 14.8. The van der Waals surface area contributed by atoms with Gasteiger partial charge in [0.1, 0.15) is 5.69 Å². The predicted octanol–water partition coefficient (Wildman–Crippen LogP) is 3.96. The molecule has 3 rings (SSSR count). The molecule has 0 aromatic carbocycles. The quantitative estimate of drug-likeness (QED) is 0.861. The van der Waals surface area contributed by atoms with Gasteiger partial charge in [-0.3, -0.25) is 4.79 Å². The van der Waals surface area contributed by atoms with Gasteiger partial charge in [-0.1, -0.05) is 12.6 Å². The Morgan fingerprint density at radius 1 is 1.44 bits per heavy atom. The number of aliphatic hydroxyl groups is 1. The van der Waals surface area contributed by atoms with Gasteiger partial charge in [-0.15, -0.1) is 11.3 Å². The fourth-order valence-corrected chi connectivity index (χ4v) is 3.72. The van der Waals surface area contributed by atoms with Crippen molar-refractivity contribution in [1.29, 1.82) is 0 Å². The molecule has 0 aliphatic carbocycles. The van der Waals surface area contributed by atoms with E-state index in [9.17, 15) is 23.1 Å². The van der Waals surface area contributed by atoms with Crippen LogP contribution in [0.2, 0.25) is 0 Å². The maximum atomic E-state index is 12.8. The normalized spacial score (nSPS) is 18.1. The molecule has 2 aromatic heterocycles. The number of aliphatic hydroxyl groups excluding tert-OH is 1. The zero-order chi connectivity index (χ0) is 17.5. The second kappa shape index (κ2) is 7.17. The molecule has 1 aliphatic rings. The summed E-state index contributed by atoms with van der Waals surface area (Å²) in [6.45, 7) is 2.12. The predicted molar refractivity (Wildman–Crippen MR) is 87.4 cm³/mol. The highest BCUT2D eigenvalue weighted by Crippen LogP contribution is 2.38. The molecule has 1 aliphatic heterocycles. The molecule has 3 heterocycles. The van der Waals surface area contributed by atoms with E-state index < -0.39 is 18.0 Å². The molecule has 9 heteroatoms. The van der Waals surface area contributed by atoms with E-state index in [0.29, 0.717) is 22.7 Å². The number of alkyl halides is 3. The largest absolute Gasteiger partial charge is 0.452 e. The molecule has 2 aromatic rings. The Morgan fingerprint density at radius 2 is 2.16 bits per heavy atom. The van der Waals surface area contributed by atoms with Crippen LogP contribution in [0.15, 0.2) is 16.7 Å². The minimum atomic E-state index is -4.60. The maximum Gasteiger partial charge on any atom is 0.452 e. The summed E-state index contributed by atoms with van der Waals surface area (Å²) in [6, 6.07) is 3.12. The van der Waals surface area contributed by atoms with Gasteiger partial charge in [0.2, 0.25) is 5.76 Å². The summed E-state index contributed by atoms with van der Waals surface area (Å²) < 4.78 is 42.7. The lowest BCUT2D eigenvalue weighted by Gasteiger charge is -2.29. The SMILES string of the molecule is C.Cc1c(-c2ccc(C(=O)N3CCCC(O)C3)s2)noc1C(F)(F)F. The standard InChI is InChI=1S/C15H15F3N2O3S.CH4/c1-8-12(19-23-13(8)15(16,17)18)10-4-5-11(24-10)14(22)20-6-2-3-9(21)7-20;/h4-5,9,21H,2-3,6-7H2,1H3;1H4. The van der Waals surface area contributed by atoms with E-state index >= 15 is 0 Å². The van der Waals surface area contributed by atoms with Crippen molar-refractivity contribution >= 4 is 17.2 Å². The number of amides is 1.